The molecule has 1 heterocycles. The Morgan fingerprint density at radius 1 is 1.56 bits per heavy atom. The average Bonchev–Trinajstić information content (AvgIpc) is 2.29. The van der Waals surface area contributed by atoms with Crippen molar-refractivity contribution < 1.29 is 14.3 Å². The van der Waals surface area contributed by atoms with Crippen molar-refractivity contribution >= 4 is 23.2 Å². The van der Waals surface area contributed by atoms with Gasteiger partial charge in [0.25, 0.3) is 5.91 Å². The van der Waals surface area contributed by atoms with E-state index in [2.05, 4.69) is 5.32 Å². The van der Waals surface area contributed by atoms with Gasteiger partial charge < -0.3 is 20.7 Å². The van der Waals surface area contributed by atoms with Gasteiger partial charge in [-0.15, -0.1) is 0 Å². The van der Waals surface area contributed by atoms with E-state index in [9.17, 15) is 9.59 Å². The van der Waals surface area contributed by atoms with E-state index < -0.39 is 12.0 Å². The number of hydrogen-bond donors (Lipinski definition) is 2. The number of rotatable bonds is 3. The summed E-state index contributed by atoms with van der Waals surface area (Å²) in [6.07, 6.45) is -0.494. The van der Waals surface area contributed by atoms with Gasteiger partial charge in [-0.05, 0) is 25.1 Å². The highest BCUT2D eigenvalue weighted by atomic mass is 16.5. The van der Waals surface area contributed by atoms with E-state index in [0.717, 1.165) is 5.69 Å². The molecule has 1 atom stereocenters. The fourth-order valence-corrected chi connectivity index (χ4v) is 1.76. The average molecular weight is 249 g/mol. The minimum absolute atomic E-state index is 0.115. The van der Waals surface area contributed by atoms with E-state index in [4.69, 9.17) is 10.5 Å². The molecule has 2 rings (SSSR count). The maximum absolute atomic E-state index is 11.5. The molecule has 1 unspecified atom stereocenters. The number of ether oxygens (including phenoxy) is 1. The van der Waals surface area contributed by atoms with E-state index >= 15 is 0 Å². The van der Waals surface area contributed by atoms with Crippen LogP contribution in [0.3, 0.4) is 0 Å². The van der Waals surface area contributed by atoms with Crippen molar-refractivity contribution in [2.45, 2.75) is 13.0 Å². The van der Waals surface area contributed by atoms with Crippen LogP contribution < -0.4 is 20.7 Å². The van der Waals surface area contributed by atoms with Crippen LogP contribution in [0, 0.1) is 0 Å². The molecule has 0 bridgehead atoms. The van der Waals surface area contributed by atoms with Gasteiger partial charge >= 0.3 is 0 Å². The fourth-order valence-electron chi connectivity index (χ4n) is 1.76. The Morgan fingerprint density at radius 2 is 2.28 bits per heavy atom. The van der Waals surface area contributed by atoms with Crippen LogP contribution in [-0.2, 0) is 9.59 Å². The van der Waals surface area contributed by atoms with Crippen molar-refractivity contribution in [3.05, 3.63) is 18.2 Å². The number of likely N-dealkylation sites (N-methyl/N-ethyl adjacent to an activating group) is 1. The van der Waals surface area contributed by atoms with E-state index in [1.807, 2.05) is 6.07 Å². The lowest BCUT2D eigenvalue weighted by Gasteiger charge is -2.25. The van der Waals surface area contributed by atoms with Crippen LogP contribution in [0.5, 0.6) is 5.75 Å². The lowest BCUT2D eigenvalue weighted by Crippen LogP contribution is -2.35. The molecule has 1 aliphatic heterocycles. The summed E-state index contributed by atoms with van der Waals surface area (Å²) in [5.41, 5.74) is 6.52. The number of primary amides is 1. The number of nitrogens with one attached hydrogen (secondary N) is 1. The number of carbonyl (C=O) groups is 2. The van der Waals surface area contributed by atoms with Gasteiger partial charge in [0.1, 0.15) is 5.75 Å². The first-order chi connectivity index (χ1) is 8.47. The first kappa shape index (κ1) is 12.2. The monoisotopic (exact) mass is 249 g/mol. The predicted octanol–water partition coefficient (Wildman–Crippen LogP) is 0.327. The molecule has 0 aromatic heterocycles. The minimum Gasteiger partial charge on any atom is -0.479 e. The number of fused-ring (bicyclic) bond motifs is 1. The van der Waals surface area contributed by atoms with Gasteiger partial charge in [-0.3, -0.25) is 9.59 Å². The predicted molar refractivity (Wildman–Crippen MR) is 67.6 cm³/mol. The Kier molecular flexibility index (Phi) is 3.10. The molecule has 1 aliphatic rings. The summed E-state index contributed by atoms with van der Waals surface area (Å²) in [6.45, 7) is 1.80. The number of amides is 2. The zero-order valence-corrected chi connectivity index (χ0v) is 10.3. The molecular formula is C12H15N3O3. The van der Waals surface area contributed by atoms with Gasteiger partial charge in [-0.2, -0.15) is 0 Å². The molecule has 0 aliphatic carbocycles. The van der Waals surface area contributed by atoms with Crippen LogP contribution in [0.25, 0.3) is 0 Å². The van der Waals surface area contributed by atoms with Crippen molar-refractivity contribution in [3.63, 3.8) is 0 Å². The third-order valence-electron chi connectivity index (χ3n) is 2.73. The fraction of sp³-hybridized carbons (Fsp3) is 0.333. The second kappa shape index (κ2) is 4.56. The van der Waals surface area contributed by atoms with Gasteiger partial charge in [-0.1, -0.05) is 0 Å². The maximum atomic E-state index is 11.5. The summed E-state index contributed by atoms with van der Waals surface area (Å²) >= 11 is 0. The standard InChI is InChI=1S/C12H15N3O3/c1-7-12(17)14-9-5-8(3-4-10(9)18-7)15(2)6-11(13)16/h3-5,7H,6H2,1-2H3,(H2,13,16)(H,14,17). The number of carbonyl (C=O) groups excluding carboxylic acids is 2. The third kappa shape index (κ3) is 2.37. The maximum Gasteiger partial charge on any atom is 0.265 e. The molecule has 0 fully saturated rings. The topological polar surface area (TPSA) is 84.7 Å². The van der Waals surface area contributed by atoms with E-state index in [1.54, 1.807) is 31.0 Å². The second-order valence-electron chi connectivity index (χ2n) is 4.25. The first-order valence-corrected chi connectivity index (χ1v) is 5.58. The van der Waals surface area contributed by atoms with Crippen LogP contribution in [0.15, 0.2) is 18.2 Å². The van der Waals surface area contributed by atoms with Gasteiger partial charge in [0, 0.05) is 12.7 Å². The summed E-state index contributed by atoms with van der Waals surface area (Å²) in [4.78, 5) is 24.0. The van der Waals surface area contributed by atoms with Gasteiger partial charge in [-0.25, -0.2) is 0 Å². The number of anilines is 2. The molecule has 6 heteroatoms. The lowest BCUT2D eigenvalue weighted by atomic mass is 10.2. The molecule has 1 aromatic rings. The number of hydrogen-bond acceptors (Lipinski definition) is 4. The smallest absolute Gasteiger partial charge is 0.265 e. The Balaban J connectivity index is 2.24. The Labute approximate surface area is 105 Å². The third-order valence-corrected chi connectivity index (χ3v) is 2.73. The number of nitrogens with zero attached hydrogens (tertiary/aromatic N) is 1. The molecule has 0 radical (unpaired) electrons. The lowest BCUT2D eigenvalue weighted by molar-refractivity contribution is -0.122. The zero-order valence-electron chi connectivity index (χ0n) is 10.3. The van der Waals surface area contributed by atoms with E-state index in [1.165, 1.54) is 0 Å². The highest BCUT2D eigenvalue weighted by Gasteiger charge is 2.23. The van der Waals surface area contributed by atoms with Crippen molar-refractivity contribution in [2.24, 2.45) is 5.73 Å². The number of benzene rings is 1. The quantitative estimate of drug-likeness (QED) is 0.808. The molecule has 2 amide bonds. The van der Waals surface area contributed by atoms with Crippen LogP contribution in [0.1, 0.15) is 6.92 Å². The summed E-state index contributed by atoms with van der Waals surface area (Å²) < 4.78 is 5.44. The first-order valence-electron chi connectivity index (χ1n) is 5.58. The zero-order chi connectivity index (χ0) is 13.3. The molecular weight excluding hydrogens is 234 g/mol. The Hall–Kier alpha value is -2.24. The molecule has 0 spiro atoms. The Morgan fingerprint density at radius 3 is 2.94 bits per heavy atom. The van der Waals surface area contributed by atoms with Crippen molar-refractivity contribution in [1.82, 2.24) is 0 Å². The molecule has 0 saturated heterocycles. The van der Waals surface area contributed by atoms with Crippen molar-refractivity contribution in [2.75, 3.05) is 23.8 Å². The van der Waals surface area contributed by atoms with Crippen LogP contribution in [0.2, 0.25) is 0 Å². The molecule has 1 aromatic carbocycles. The summed E-state index contributed by atoms with van der Waals surface area (Å²) in [7, 11) is 1.75. The molecule has 3 N–H and O–H groups in total. The van der Waals surface area contributed by atoms with E-state index in [-0.39, 0.29) is 12.5 Å². The van der Waals surface area contributed by atoms with E-state index in [0.29, 0.717) is 11.4 Å². The van der Waals surface area contributed by atoms with Crippen LogP contribution in [-0.4, -0.2) is 31.5 Å². The SMILES string of the molecule is CC1Oc2ccc(N(C)CC(N)=O)cc2NC1=O. The van der Waals surface area contributed by atoms with Gasteiger partial charge in [0.05, 0.1) is 12.2 Å². The summed E-state index contributed by atoms with van der Waals surface area (Å²) in [5.74, 6) is 0.0275. The summed E-state index contributed by atoms with van der Waals surface area (Å²) in [5, 5.41) is 2.75. The second-order valence-corrected chi connectivity index (χ2v) is 4.25. The summed E-state index contributed by atoms with van der Waals surface area (Å²) in [6, 6.07) is 5.33. The highest BCUT2D eigenvalue weighted by molar-refractivity contribution is 5.98. The van der Waals surface area contributed by atoms with Crippen LogP contribution in [0.4, 0.5) is 11.4 Å². The van der Waals surface area contributed by atoms with Crippen molar-refractivity contribution in [3.8, 4) is 5.75 Å². The largest absolute Gasteiger partial charge is 0.479 e. The number of nitrogens with two attached hydrogens (primary N) is 1. The Bertz CT molecular complexity index is 501. The molecule has 18 heavy (non-hydrogen) atoms. The molecule has 6 nitrogen and oxygen atoms in total. The van der Waals surface area contributed by atoms with Crippen molar-refractivity contribution in [1.29, 1.82) is 0 Å². The molecule has 0 saturated carbocycles. The molecule has 96 valence electrons. The normalized spacial score (nSPS) is 17.4. The van der Waals surface area contributed by atoms with Gasteiger partial charge in [0.2, 0.25) is 5.91 Å². The minimum atomic E-state index is -0.494. The van der Waals surface area contributed by atoms with Crippen LogP contribution >= 0.6 is 0 Å². The highest BCUT2D eigenvalue weighted by Crippen LogP contribution is 2.32. The van der Waals surface area contributed by atoms with Gasteiger partial charge in [0.15, 0.2) is 6.10 Å².